The highest BCUT2D eigenvalue weighted by Gasteiger charge is 2.34. The van der Waals surface area contributed by atoms with E-state index in [2.05, 4.69) is 5.32 Å². The number of nitrogens with one attached hydrogen (secondary N) is 2. The molecule has 0 radical (unpaired) electrons. The molecule has 0 spiro atoms. The number of hydrogen-bond donors (Lipinski definition) is 2. The molecular formula is C12H15N3O. The smallest absolute Gasteiger partial charge is 0.314 e. The normalized spacial score (nSPS) is 20.1. The van der Waals surface area contributed by atoms with Crippen molar-refractivity contribution in [2.45, 2.75) is 19.4 Å². The molecule has 0 saturated carbocycles. The Kier molecular flexibility index (Phi) is 2.90. The Morgan fingerprint density at radius 1 is 1.38 bits per heavy atom. The minimum absolute atomic E-state index is 0.139. The molecular weight excluding hydrogens is 202 g/mol. The van der Waals surface area contributed by atoms with E-state index in [1.807, 2.05) is 37.3 Å². The quantitative estimate of drug-likeness (QED) is 0.794. The molecule has 0 aromatic heterocycles. The van der Waals surface area contributed by atoms with Gasteiger partial charge in [0.25, 0.3) is 0 Å². The van der Waals surface area contributed by atoms with Crippen LogP contribution in [-0.4, -0.2) is 29.4 Å². The molecule has 1 aromatic rings. The summed E-state index contributed by atoms with van der Waals surface area (Å²) in [6.07, 6.45) is 0.701. The lowest BCUT2D eigenvalue weighted by atomic mass is 10.1. The van der Waals surface area contributed by atoms with E-state index in [-0.39, 0.29) is 12.1 Å². The Bertz CT molecular complexity index is 402. The fourth-order valence-electron chi connectivity index (χ4n) is 1.98. The van der Waals surface area contributed by atoms with Gasteiger partial charge in [0.05, 0.1) is 6.04 Å². The summed E-state index contributed by atoms with van der Waals surface area (Å²) < 4.78 is 0. The number of rotatable bonds is 3. The van der Waals surface area contributed by atoms with Gasteiger partial charge in [0, 0.05) is 13.0 Å². The number of carbonyl (C=O) groups is 1. The van der Waals surface area contributed by atoms with Crippen LogP contribution in [-0.2, 0) is 6.42 Å². The zero-order valence-corrected chi connectivity index (χ0v) is 9.23. The first-order valence-electron chi connectivity index (χ1n) is 5.42. The topological polar surface area (TPSA) is 56.2 Å². The maximum Gasteiger partial charge on any atom is 0.323 e. The second-order valence-electron chi connectivity index (χ2n) is 3.84. The third-order valence-electron chi connectivity index (χ3n) is 2.82. The summed E-state index contributed by atoms with van der Waals surface area (Å²) in [7, 11) is 0. The molecule has 1 aromatic carbocycles. The van der Waals surface area contributed by atoms with Crippen LogP contribution in [0.2, 0.25) is 0 Å². The summed E-state index contributed by atoms with van der Waals surface area (Å²) in [4.78, 5) is 13.2. The Morgan fingerprint density at radius 2 is 2.06 bits per heavy atom. The lowest BCUT2D eigenvalue weighted by Gasteiger charge is -2.20. The SMILES string of the molecule is CCN1C(=O)NC(=N)C1Cc1ccccc1. The van der Waals surface area contributed by atoms with Gasteiger partial charge in [-0.1, -0.05) is 30.3 Å². The molecule has 2 rings (SSSR count). The van der Waals surface area contributed by atoms with Gasteiger partial charge in [-0.25, -0.2) is 4.79 Å². The molecule has 1 saturated heterocycles. The zero-order valence-electron chi connectivity index (χ0n) is 9.23. The number of benzene rings is 1. The molecule has 4 nitrogen and oxygen atoms in total. The van der Waals surface area contributed by atoms with Crippen molar-refractivity contribution in [2.75, 3.05) is 6.54 Å². The first kappa shape index (κ1) is 10.7. The molecule has 1 aliphatic rings. The van der Waals surface area contributed by atoms with Gasteiger partial charge in [0.1, 0.15) is 5.84 Å². The van der Waals surface area contributed by atoms with Gasteiger partial charge in [0.15, 0.2) is 0 Å². The largest absolute Gasteiger partial charge is 0.323 e. The van der Waals surface area contributed by atoms with E-state index >= 15 is 0 Å². The first-order valence-corrected chi connectivity index (χ1v) is 5.42. The van der Waals surface area contributed by atoms with Crippen molar-refractivity contribution < 1.29 is 4.79 Å². The molecule has 16 heavy (non-hydrogen) atoms. The fraction of sp³-hybridized carbons (Fsp3) is 0.333. The van der Waals surface area contributed by atoms with Crippen LogP contribution in [0.3, 0.4) is 0 Å². The van der Waals surface area contributed by atoms with Crippen molar-refractivity contribution in [2.24, 2.45) is 0 Å². The first-order chi connectivity index (χ1) is 7.72. The number of carbonyl (C=O) groups excluding carboxylic acids is 1. The Hall–Kier alpha value is -1.84. The summed E-state index contributed by atoms with van der Waals surface area (Å²) in [6, 6.07) is 9.64. The monoisotopic (exact) mass is 217 g/mol. The van der Waals surface area contributed by atoms with Crippen LogP contribution in [0.15, 0.2) is 30.3 Å². The van der Waals surface area contributed by atoms with Crippen LogP contribution >= 0.6 is 0 Å². The number of urea groups is 1. The third-order valence-corrected chi connectivity index (χ3v) is 2.82. The van der Waals surface area contributed by atoms with Crippen LogP contribution in [0, 0.1) is 5.41 Å². The van der Waals surface area contributed by atoms with Crippen molar-refractivity contribution in [1.82, 2.24) is 10.2 Å². The predicted molar refractivity (Wildman–Crippen MR) is 62.6 cm³/mol. The Morgan fingerprint density at radius 3 is 2.69 bits per heavy atom. The summed E-state index contributed by atoms with van der Waals surface area (Å²) in [6.45, 7) is 2.56. The van der Waals surface area contributed by atoms with E-state index in [4.69, 9.17) is 5.41 Å². The number of likely N-dealkylation sites (N-methyl/N-ethyl adjacent to an activating group) is 1. The summed E-state index contributed by atoms with van der Waals surface area (Å²) in [5.74, 6) is 0.302. The van der Waals surface area contributed by atoms with E-state index in [1.165, 1.54) is 0 Å². The average Bonchev–Trinajstić information content (AvgIpc) is 2.55. The average molecular weight is 217 g/mol. The standard InChI is InChI=1S/C12H15N3O/c1-2-15-10(11(13)14-12(15)16)8-9-6-4-3-5-7-9/h3-7,10H,2,8H2,1H3,(H2,13,14,16). The van der Waals surface area contributed by atoms with Gasteiger partial charge in [-0.2, -0.15) is 0 Å². The molecule has 0 aliphatic carbocycles. The Labute approximate surface area is 94.8 Å². The third kappa shape index (κ3) is 1.91. The van der Waals surface area contributed by atoms with Gasteiger partial charge in [-0.3, -0.25) is 10.7 Å². The van der Waals surface area contributed by atoms with E-state index in [9.17, 15) is 4.79 Å². The lowest BCUT2D eigenvalue weighted by molar-refractivity contribution is 0.208. The van der Waals surface area contributed by atoms with E-state index in [0.717, 1.165) is 5.56 Å². The van der Waals surface area contributed by atoms with Crippen LogP contribution in [0.1, 0.15) is 12.5 Å². The van der Waals surface area contributed by atoms with Crippen molar-refractivity contribution in [3.8, 4) is 0 Å². The van der Waals surface area contributed by atoms with Crippen molar-refractivity contribution >= 4 is 11.9 Å². The highest BCUT2D eigenvalue weighted by molar-refractivity contribution is 6.05. The van der Waals surface area contributed by atoms with Crippen LogP contribution in [0.25, 0.3) is 0 Å². The van der Waals surface area contributed by atoms with Gasteiger partial charge in [0.2, 0.25) is 0 Å². The fourth-order valence-corrected chi connectivity index (χ4v) is 1.98. The minimum atomic E-state index is -0.159. The van der Waals surface area contributed by atoms with Crippen LogP contribution in [0.5, 0.6) is 0 Å². The lowest BCUT2D eigenvalue weighted by Crippen LogP contribution is -2.36. The highest BCUT2D eigenvalue weighted by atomic mass is 16.2. The van der Waals surface area contributed by atoms with Gasteiger partial charge >= 0.3 is 6.03 Å². The van der Waals surface area contributed by atoms with Gasteiger partial charge < -0.3 is 4.90 Å². The van der Waals surface area contributed by atoms with Gasteiger partial charge in [-0.15, -0.1) is 0 Å². The number of amides is 2. The molecule has 4 heteroatoms. The second-order valence-corrected chi connectivity index (χ2v) is 3.84. The number of amidine groups is 1. The molecule has 2 N–H and O–H groups in total. The van der Waals surface area contributed by atoms with Gasteiger partial charge in [-0.05, 0) is 12.5 Å². The molecule has 0 bridgehead atoms. The number of nitrogens with zero attached hydrogens (tertiary/aromatic N) is 1. The molecule has 1 aliphatic heterocycles. The molecule has 1 heterocycles. The molecule has 2 amide bonds. The van der Waals surface area contributed by atoms with Crippen LogP contribution < -0.4 is 5.32 Å². The predicted octanol–water partition coefficient (Wildman–Crippen LogP) is 1.62. The number of hydrogen-bond acceptors (Lipinski definition) is 2. The van der Waals surface area contributed by atoms with E-state index in [0.29, 0.717) is 18.8 Å². The Balaban J connectivity index is 2.14. The summed E-state index contributed by atoms with van der Waals surface area (Å²) in [5, 5.41) is 10.3. The zero-order chi connectivity index (χ0) is 11.5. The van der Waals surface area contributed by atoms with Crippen LogP contribution in [0.4, 0.5) is 4.79 Å². The summed E-state index contributed by atoms with van der Waals surface area (Å²) in [5.41, 5.74) is 1.15. The second kappa shape index (κ2) is 4.35. The van der Waals surface area contributed by atoms with E-state index in [1.54, 1.807) is 4.90 Å². The van der Waals surface area contributed by atoms with E-state index < -0.39 is 0 Å². The molecule has 1 fully saturated rings. The minimum Gasteiger partial charge on any atom is -0.314 e. The maximum atomic E-state index is 11.5. The molecule has 84 valence electrons. The highest BCUT2D eigenvalue weighted by Crippen LogP contribution is 2.14. The molecule has 1 unspecified atom stereocenters. The van der Waals surface area contributed by atoms with Crippen molar-refractivity contribution in [1.29, 1.82) is 5.41 Å². The van der Waals surface area contributed by atoms with Crippen molar-refractivity contribution in [3.05, 3.63) is 35.9 Å². The molecule has 1 atom stereocenters. The van der Waals surface area contributed by atoms with Crippen molar-refractivity contribution in [3.63, 3.8) is 0 Å². The maximum absolute atomic E-state index is 11.5. The summed E-state index contributed by atoms with van der Waals surface area (Å²) >= 11 is 0.